The zero-order valence-electron chi connectivity index (χ0n) is 8.92. The average molecular weight is 232 g/mol. The first-order valence-corrected chi connectivity index (χ1v) is 7.00. The molecule has 0 aliphatic carbocycles. The molecule has 0 bridgehead atoms. The molecule has 1 fully saturated rings. The molecule has 82 valence electrons. The Bertz CT molecular complexity index is 168. The molecular formula is C10H20N2S2. The van der Waals surface area contributed by atoms with Crippen LogP contribution in [0.1, 0.15) is 25.7 Å². The normalized spacial score (nSPS) is 18.1. The number of thiocarbonyl (C=S) groups is 1. The van der Waals surface area contributed by atoms with E-state index in [1.807, 2.05) is 6.26 Å². The van der Waals surface area contributed by atoms with Crippen molar-refractivity contribution in [3.05, 3.63) is 0 Å². The molecule has 0 radical (unpaired) electrons. The van der Waals surface area contributed by atoms with E-state index >= 15 is 0 Å². The van der Waals surface area contributed by atoms with Gasteiger partial charge in [-0.15, -0.1) is 11.8 Å². The van der Waals surface area contributed by atoms with Crippen molar-refractivity contribution >= 4 is 28.3 Å². The highest BCUT2D eigenvalue weighted by molar-refractivity contribution is 8.22. The lowest BCUT2D eigenvalue weighted by atomic mass is 10.1. The summed E-state index contributed by atoms with van der Waals surface area (Å²) in [5.41, 5.74) is 0. The van der Waals surface area contributed by atoms with Gasteiger partial charge in [-0.3, -0.25) is 0 Å². The standard InChI is InChI=1S/C10H20N2S2/c1-14-10(13)11-6-5-9-12-7-3-2-4-8-12/h2-9H2,1H3,(H,11,13). The van der Waals surface area contributed by atoms with Crippen LogP contribution in [0.5, 0.6) is 0 Å². The third kappa shape index (κ3) is 5.17. The largest absolute Gasteiger partial charge is 0.371 e. The van der Waals surface area contributed by atoms with Gasteiger partial charge in [-0.1, -0.05) is 18.6 Å². The zero-order chi connectivity index (χ0) is 10.2. The van der Waals surface area contributed by atoms with E-state index in [0.717, 1.165) is 10.9 Å². The average Bonchev–Trinajstić information content (AvgIpc) is 2.25. The lowest BCUT2D eigenvalue weighted by molar-refractivity contribution is 0.227. The molecule has 1 N–H and O–H groups in total. The van der Waals surface area contributed by atoms with Crippen LogP contribution in [0.4, 0.5) is 0 Å². The molecule has 0 saturated carbocycles. The molecule has 0 aromatic heterocycles. The molecule has 14 heavy (non-hydrogen) atoms. The van der Waals surface area contributed by atoms with E-state index in [1.165, 1.54) is 45.3 Å². The number of nitrogens with one attached hydrogen (secondary N) is 1. The maximum atomic E-state index is 5.06. The lowest BCUT2D eigenvalue weighted by Crippen LogP contribution is -2.32. The molecule has 0 amide bonds. The molecule has 1 aliphatic rings. The molecule has 1 rings (SSSR count). The number of piperidine rings is 1. The van der Waals surface area contributed by atoms with Crippen molar-refractivity contribution in [2.45, 2.75) is 25.7 Å². The van der Waals surface area contributed by atoms with Crippen molar-refractivity contribution < 1.29 is 0 Å². The first kappa shape index (κ1) is 12.3. The summed E-state index contributed by atoms with van der Waals surface area (Å²) < 4.78 is 0.920. The first-order valence-electron chi connectivity index (χ1n) is 5.37. The fourth-order valence-electron chi connectivity index (χ4n) is 1.75. The topological polar surface area (TPSA) is 15.3 Å². The molecule has 0 spiro atoms. The fourth-order valence-corrected chi connectivity index (χ4v) is 2.10. The van der Waals surface area contributed by atoms with Crippen LogP contribution in [0.15, 0.2) is 0 Å². The second-order valence-electron chi connectivity index (χ2n) is 3.67. The van der Waals surface area contributed by atoms with Crippen LogP contribution in [0.2, 0.25) is 0 Å². The van der Waals surface area contributed by atoms with E-state index in [4.69, 9.17) is 12.2 Å². The van der Waals surface area contributed by atoms with Crippen molar-refractivity contribution in [1.82, 2.24) is 10.2 Å². The Hall–Kier alpha value is 0.200. The highest BCUT2D eigenvalue weighted by Gasteiger charge is 2.08. The van der Waals surface area contributed by atoms with Crippen LogP contribution in [0.25, 0.3) is 0 Å². The Morgan fingerprint density at radius 3 is 2.71 bits per heavy atom. The molecular weight excluding hydrogens is 212 g/mol. The van der Waals surface area contributed by atoms with Crippen LogP contribution < -0.4 is 5.32 Å². The Morgan fingerprint density at radius 1 is 1.36 bits per heavy atom. The van der Waals surface area contributed by atoms with Gasteiger partial charge in [-0.2, -0.15) is 0 Å². The number of hydrogen-bond acceptors (Lipinski definition) is 3. The smallest absolute Gasteiger partial charge is 0.133 e. The Balaban J connectivity index is 1.94. The molecule has 4 heteroatoms. The van der Waals surface area contributed by atoms with Gasteiger partial charge in [0.25, 0.3) is 0 Å². The molecule has 0 aromatic rings. The summed E-state index contributed by atoms with van der Waals surface area (Å²) in [6.07, 6.45) is 7.42. The predicted octanol–water partition coefficient (Wildman–Crippen LogP) is 2.10. The summed E-state index contributed by atoms with van der Waals surface area (Å²) in [4.78, 5) is 2.56. The van der Waals surface area contributed by atoms with Gasteiger partial charge in [0.15, 0.2) is 0 Å². The summed E-state index contributed by atoms with van der Waals surface area (Å²) in [6.45, 7) is 4.85. The number of nitrogens with zero attached hydrogens (tertiary/aromatic N) is 1. The zero-order valence-corrected chi connectivity index (χ0v) is 10.6. The molecule has 0 aromatic carbocycles. The van der Waals surface area contributed by atoms with Gasteiger partial charge in [0.05, 0.1) is 0 Å². The van der Waals surface area contributed by atoms with Crippen LogP contribution >= 0.6 is 24.0 Å². The Morgan fingerprint density at radius 2 is 2.07 bits per heavy atom. The molecule has 2 nitrogen and oxygen atoms in total. The van der Waals surface area contributed by atoms with E-state index in [0.29, 0.717) is 0 Å². The lowest BCUT2D eigenvalue weighted by Gasteiger charge is -2.26. The summed E-state index contributed by atoms with van der Waals surface area (Å²) in [7, 11) is 0. The monoisotopic (exact) mass is 232 g/mol. The summed E-state index contributed by atoms with van der Waals surface area (Å²) in [5.74, 6) is 0. The summed E-state index contributed by atoms with van der Waals surface area (Å²) in [5, 5.41) is 3.24. The van der Waals surface area contributed by atoms with Crippen molar-refractivity contribution in [2.24, 2.45) is 0 Å². The minimum absolute atomic E-state index is 0.920. The van der Waals surface area contributed by atoms with Crippen molar-refractivity contribution in [2.75, 3.05) is 32.4 Å². The van der Waals surface area contributed by atoms with Gasteiger partial charge in [0.1, 0.15) is 4.32 Å². The minimum atomic E-state index is 0.920. The predicted molar refractivity (Wildman–Crippen MR) is 69.0 cm³/mol. The van der Waals surface area contributed by atoms with Crippen LogP contribution in [-0.2, 0) is 0 Å². The van der Waals surface area contributed by atoms with Crippen molar-refractivity contribution in [3.63, 3.8) is 0 Å². The maximum Gasteiger partial charge on any atom is 0.133 e. The van der Waals surface area contributed by atoms with Crippen molar-refractivity contribution in [1.29, 1.82) is 0 Å². The Kier molecular flexibility index (Phi) is 6.56. The van der Waals surface area contributed by atoms with Gasteiger partial charge >= 0.3 is 0 Å². The molecule has 1 saturated heterocycles. The number of likely N-dealkylation sites (tertiary alicyclic amines) is 1. The van der Waals surface area contributed by atoms with Crippen molar-refractivity contribution in [3.8, 4) is 0 Å². The second-order valence-corrected chi connectivity index (χ2v) is 5.16. The van der Waals surface area contributed by atoms with Gasteiger partial charge in [-0.05, 0) is 45.2 Å². The molecule has 0 atom stereocenters. The molecule has 0 unspecified atom stereocenters. The van der Waals surface area contributed by atoms with E-state index < -0.39 is 0 Å². The third-order valence-corrected chi connectivity index (χ3v) is 3.71. The van der Waals surface area contributed by atoms with E-state index in [2.05, 4.69) is 10.2 Å². The summed E-state index contributed by atoms with van der Waals surface area (Å²) in [6, 6.07) is 0. The number of thioether (sulfide) groups is 1. The summed E-state index contributed by atoms with van der Waals surface area (Å²) >= 11 is 6.68. The molecule has 1 heterocycles. The number of hydrogen-bond donors (Lipinski definition) is 1. The second kappa shape index (κ2) is 7.49. The third-order valence-electron chi connectivity index (χ3n) is 2.55. The maximum absolute atomic E-state index is 5.06. The fraction of sp³-hybridized carbons (Fsp3) is 0.900. The van der Waals surface area contributed by atoms with Gasteiger partial charge in [0, 0.05) is 6.54 Å². The van der Waals surface area contributed by atoms with Gasteiger partial charge < -0.3 is 10.2 Å². The van der Waals surface area contributed by atoms with E-state index in [9.17, 15) is 0 Å². The SMILES string of the molecule is CSC(=S)NCCCN1CCCCC1. The highest BCUT2D eigenvalue weighted by Crippen LogP contribution is 2.08. The van der Waals surface area contributed by atoms with Gasteiger partial charge in [0.2, 0.25) is 0 Å². The van der Waals surface area contributed by atoms with E-state index in [-0.39, 0.29) is 0 Å². The van der Waals surface area contributed by atoms with Crippen LogP contribution in [0, 0.1) is 0 Å². The quantitative estimate of drug-likeness (QED) is 0.589. The molecule has 1 aliphatic heterocycles. The van der Waals surface area contributed by atoms with Gasteiger partial charge in [-0.25, -0.2) is 0 Å². The first-order chi connectivity index (χ1) is 6.83. The Labute approximate surface area is 96.8 Å². The van der Waals surface area contributed by atoms with E-state index in [1.54, 1.807) is 11.8 Å². The van der Waals surface area contributed by atoms with Crippen LogP contribution in [-0.4, -0.2) is 41.7 Å². The number of rotatable bonds is 4. The highest BCUT2D eigenvalue weighted by atomic mass is 32.2. The van der Waals surface area contributed by atoms with Crippen LogP contribution in [0.3, 0.4) is 0 Å². The minimum Gasteiger partial charge on any atom is -0.371 e.